The Labute approximate surface area is 75.2 Å². The molecular formula is C11H20O. The van der Waals surface area contributed by atoms with E-state index < -0.39 is 0 Å². The molecule has 0 radical (unpaired) electrons. The molecule has 2 fully saturated rings. The Morgan fingerprint density at radius 3 is 2.33 bits per heavy atom. The molecule has 0 aromatic rings. The summed E-state index contributed by atoms with van der Waals surface area (Å²) in [7, 11) is 0. The molecule has 0 aliphatic heterocycles. The summed E-state index contributed by atoms with van der Waals surface area (Å²) in [6.07, 6.45) is 2.59. The van der Waals surface area contributed by atoms with E-state index in [0.717, 1.165) is 11.8 Å². The van der Waals surface area contributed by atoms with Gasteiger partial charge in [-0.25, -0.2) is 0 Å². The van der Waals surface area contributed by atoms with E-state index in [1.807, 2.05) is 0 Å². The largest absolute Gasteiger partial charge is 0.393 e. The maximum atomic E-state index is 9.97. The van der Waals surface area contributed by atoms with E-state index in [2.05, 4.69) is 20.8 Å². The lowest BCUT2D eigenvalue weighted by atomic mass is 9.74. The van der Waals surface area contributed by atoms with Crippen LogP contribution in [0.1, 0.15) is 33.6 Å². The summed E-state index contributed by atoms with van der Waals surface area (Å²) < 4.78 is 0. The van der Waals surface area contributed by atoms with Gasteiger partial charge in [-0.15, -0.1) is 0 Å². The first kappa shape index (κ1) is 8.55. The SMILES string of the molecule is CC(C)C1C(O)C2CC(C)C1C2. The third-order valence-corrected chi connectivity index (χ3v) is 4.12. The van der Waals surface area contributed by atoms with Crippen LogP contribution in [0.15, 0.2) is 0 Å². The molecule has 2 aliphatic carbocycles. The van der Waals surface area contributed by atoms with Crippen LogP contribution in [0.2, 0.25) is 0 Å². The highest BCUT2D eigenvalue weighted by Gasteiger charge is 2.51. The van der Waals surface area contributed by atoms with Gasteiger partial charge in [0.2, 0.25) is 0 Å². The Kier molecular flexibility index (Phi) is 1.95. The minimum Gasteiger partial charge on any atom is -0.393 e. The van der Waals surface area contributed by atoms with E-state index in [-0.39, 0.29) is 6.10 Å². The number of hydrogen-bond acceptors (Lipinski definition) is 1. The molecule has 2 saturated carbocycles. The zero-order valence-electron chi connectivity index (χ0n) is 8.33. The van der Waals surface area contributed by atoms with E-state index in [1.165, 1.54) is 12.8 Å². The van der Waals surface area contributed by atoms with Crippen molar-refractivity contribution < 1.29 is 5.11 Å². The van der Waals surface area contributed by atoms with Crippen molar-refractivity contribution in [1.29, 1.82) is 0 Å². The van der Waals surface area contributed by atoms with Crippen molar-refractivity contribution in [3.05, 3.63) is 0 Å². The lowest BCUT2D eigenvalue weighted by Gasteiger charge is -2.34. The van der Waals surface area contributed by atoms with Crippen LogP contribution in [0.25, 0.3) is 0 Å². The molecule has 5 atom stereocenters. The van der Waals surface area contributed by atoms with Crippen LogP contribution in [0.4, 0.5) is 0 Å². The van der Waals surface area contributed by atoms with Crippen LogP contribution in [0.3, 0.4) is 0 Å². The summed E-state index contributed by atoms with van der Waals surface area (Å²) in [6, 6.07) is 0. The first-order valence-corrected chi connectivity index (χ1v) is 5.29. The molecule has 0 spiro atoms. The van der Waals surface area contributed by atoms with Gasteiger partial charge >= 0.3 is 0 Å². The van der Waals surface area contributed by atoms with Gasteiger partial charge in [-0.1, -0.05) is 20.8 Å². The molecule has 2 rings (SSSR count). The van der Waals surface area contributed by atoms with Gasteiger partial charge in [-0.05, 0) is 42.4 Å². The zero-order chi connectivity index (χ0) is 8.88. The highest BCUT2D eigenvalue weighted by atomic mass is 16.3. The molecule has 0 amide bonds. The van der Waals surface area contributed by atoms with Crippen LogP contribution >= 0.6 is 0 Å². The van der Waals surface area contributed by atoms with Gasteiger partial charge in [-0.3, -0.25) is 0 Å². The van der Waals surface area contributed by atoms with Crippen molar-refractivity contribution in [3.8, 4) is 0 Å². The minimum absolute atomic E-state index is 0.0196. The van der Waals surface area contributed by atoms with Gasteiger partial charge in [0.15, 0.2) is 0 Å². The number of aliphatic hydroxyl groups is 1. The molecule has 0 heterocycles. The average Bonchev–Trinajstić information content (AvgIpc) is 2.44. The van der Waals surface area contributed by atoms with Crippen molar-refractivity contribution in [3.63, 3.8) is 0 Å². The Balaban J connectivity index is 2.15. The smallest absolute Gasteiger partial charge is 0.0601 e. The molecule has 2 bridgehead atoms. The molecule has 0 saturated heterocycles. The monoisotopic (exact) mass is 168 g/mol. The summed E-state index contributed by atoms with van der Waals surface area (Å²) in [4.78, 5) is 0. The second-order valence-electron chi connectivity index (χ2n) is 5.18. The first-order valence-electron chi connectivity index (χ1n) is 5.29. The van der Waals surface area contributed by atoms with E-state index in [0.29, 0.717) is 17.8 Å². The molecule has 1 nitrogen and oxygen atoms in total. The molecule has 1 N–H and O–H groups in total. The standard InChI is InChI=1S/C11H20O/c1-6(2)10-9-5-8(11(10)12)4-7(9)3/h6-12H,4-5H2,1-3H3. The van der Waals surface area contributed by atoms with Gasteiger partial charge in [0.1, 0.15) is 0 Å². The summed E-state index contributed by atoms with van der Waals surface area (Å²) >= 11 is 0. The molecule has 5 unspecified atom stereocenters. The summed E-state index contributed by atoms with van der Waals surface area (Å²) in [6.45, 7) is 6.86. The maximum absolute atomic E-state index is 9.97. The highest BCUT2D eigenvalue weighted by molar-refractivity contribution is 5.00. The van der Waals surface area contributed by atoms with Gasteiger partial charge in [0.05, 0.1) is 6.10 Å². The van der Waals surface area contributed by atoms with Crippen LogP contribution in [-0.2, 0) is 0 Å². The predicted octanol–water partition coefficient (Wildman–Crippen LogP) is 2.30. The lowest BCUT2D eigenvalue weighted by Crippen LogP contribution is -2.34. The van der Waals surface area contributed by atoms with E-state index in [1.54, 1.807) is 0 Å². The first-order chi connectivity index (χ1) is 5.61. The van der Waals surface area contributed by atoms with E-state index in [9.17, 15) is 5.11 Å². The fraction of sp³-hybridized carbons (Fsp3) is 1.00. The number of aliphatic hydroxyl groups excluding tert-OH is 1. The van der Waals surface area contributed by atoms with Crippen molar-refractivity contribution in [2.75, 3.05) is 0 Å². The van der Waals surface area contributed by atoms with Gasteiger partial charge < -0.3 is 5.11 Å². The number of fused-ring (bicyclic) bond motifs is 2. The highest BCUT2D eigenvalue weighted by Crippen LogP contribution is 2.53. The third kappa shape index (κ3) is 1.02. The second kappa shape index (κ2) is 2.73. The number of rotatable bonds is 1. The molecule has 2 aliphatic rings. The molecular weight excluding hydrogens is 148 g/mol. The summed E-state index contributed by atoms with van der Waals surface area (Å²) in [5, 5.41) is 9.97. The van der Waals surface area contributed by atoms with E-state index in [4.69, 9.17) is 0 Å². The zero-order valence-corrected chi connectivity index (χ0v) is 8.33. The average molecular weight is 168 g/mol. The topological polar surface area (TPSA) is 20.2 Å². The molecule has 0 aromatic heterocycles. The van der Waals surface area contributed by atoms with Crippen LogP contribution in [0.5, 0.6) is 0 Å². The van der Waals surface area contributed by atoms with Crippen LogP contribution in [0, 0.1) is 29.6 Å². The Morgan fingerprint density at radius 1 is 1.25 bits per heavy atom. The maximum Gasteiger partial charge on any atom is 0.0601 e. The van der Waals surface area contributed by atoms with E-state index >= 15 is 0 Å². The Morgan fingerprint density at radius 2 is 1.92 bits per heavy atom. The molecule has 0 aromatic carbocycles. The van der Waals surface area contributed by atoms with Gasteiger partial charge in [0.25, 0.3) is 0 Å². The van der Waals surface area contributed by atoms with Crippen molar-refractivity contribution in [2.45, 2.75) is 39.7 Å². The Bertz CT molecular complexity index is 176. The van der Waals surface area contributed by atoms with Crippen LogP contribution in [-0.4, -0.2) is 11.2 Å². The second-order valence-corrected chi connectivity index (χ2v) is 5.18. The normalized spacial score (nSPS) is 52.2. The van der Waals surface area contributed by atoms with Crippen molar-refractivity contribution in [2.24, 2.45) is 29.6 Å². The predicted molar refractivity (Wildman–Crippen MR) is 49.7 cm³/mol. The summed E-state index contributed by atoms with van der Waals surface area (Å²) in [5.74, 6) is 3.59. The quantitative estimate of drug-likeness (QED) is 0.637. The third-order valence-electron chi connectivity index (χ3n) is 4.12. The fourth-order valence-corrected chi connectivity index (χ4v) is 3.60. The van der Waals surface area contributed by atoms with Crippen molar-refractivity contribution in [1.82, 2.24) is 0 Å². The minimum atomic E-state index is 0.0196. The Hall–Kier alpha value is -0.0400. The van der Waals surface area contributed by atoms with Crippen molar-refractivity contribution >= 4 is 0 Å². The summed E-state index contributed by atoms with van der Waals surface area (Å²) in [5.41, 5.74) is 0. The van der Waals surface area contributed by atoms with Gasteiger partial charge in [0, 0.05) is 0 Å². The molecule has 70 valence electrons. The molecule has 1 heteroatoms. The molecule has 12 heavy (non-hydrogen) atoms. The fourth-order valence-electron chi connectivity index (χ4n) is 3.60. The lowest BCUT2D eigenvalue weighted by molar-refractivity contribution is 0.0187. The number of hydrogen-bond donors (Lipinski definition) is 1. The van der Waals surface area contributed by atoms with Gasteiger partial charge in [-0.2, -0.15) is 0 Å². The van der Waals surface area contributed by atoms with Crippen LogP contribution < -0.4 is 0 Å².